The Balaban J connectivity index is 2.10. The van der Waals surface area contributed by atoms with E-state index in [1.54, 1.807) is 0 Å². The number of aliphatic hydroxyl groups is 1. The lowest BCUT2D eigenvalue weighted by Crippen LogP contribution is -2.15. The summed E-state index contributed by atoms with van der Waals surface area (Å²) >= 11 is 3.47. The van der Waals surface area contributed by atoms with Gasteiger partial charge in [-0.1, -0.05) is 45.8 Å². The van der Waals surface area contributed by atoms with E-state index in [-0.39, 0.29) is 6.10 Å². The van der Waals surface area contributed by atoms with Crippen LogP contribution in [0.5, 0.6) is 0 Å². The van der Waals surface area contributed by atoms with Gasteiger partial charge in [-0.05, 0) is 68.0 Å². The molecule has 0 radical (unpaired) electrons. The zero-order valence-electron chi connectivity index (χ0n) is 12.3. The predicted octanol–water partition coefficient (Wildman–Crippen LogP) is 4.52. The van der Waals surface area contributed by atoms with Crippen molar-refractivity contribution in [2.45, 2.75) is 39.7 Å². The molecule has 0 bridgehead atoms. The smallest absolute Gasteiger partial charge is 0.0621 e. The topological polar surface area (TPSA) is 20.2 Å². The van der Waals surface area contributed by atoms with E-state index < -0.39 is 0 Å². The molecule has 106 valence electrons. The Morgan fingerprint density at radius 1 is 1.00 bits per heavy atom. The average Bonchev–Trinajstić information content (AvgIpc) is 2.33. The molecular formula is C18H21BrO. The van der Waals surface area contributed by atoms with E-state index in [0.717, 1.165) is 10.0 Å². The van der Waals surface area contributed by atoms with E-state index in [2.05, 4.69) is 61.0 Å². The van der Waals surface area contributed by atoms with Crippen molar-refractivity contribution in [3.63, 3.8) is 0 Å². The molecule has 2 heteroatoms. The van der Waals surface area contributed by atoms with Gasteiger partial charge in [0.25, 0.3) is 0 Å². The minimum atomic E-state index is -0.343. The maximum atomic E-state index is 10.3. The fourth-order valence-corrected chi connectivity index (χ4v) is 3.22. The van der Waals surface area contributed by atoms with Crippen LogP contribution in [0.2, 0.25) is 0 Å². The molecule has 2 rings (SSSR count). The van der Waals surface area contributed by atoms with Gasteiger partial charge in [-0.2, -0.15) is 0 Å². The molecule has 2 aromatic rings. The Morgan fingerprint density at radius 3 is 2.25 bits per heavy atom. The molecule has 0 amide bonds. The summed E-state index contributed by atoms with van der Waals surface area (Å²) < 4.78 is 1.06. The van der Waals surface area contributed by atoms with E-state index in [1.165, 1.54) is 22.3 Å². The summed E-state index contributed by atoms with van der Waals surface area (Å²) in [6, 6.07) is 12.5. The maximum Gasteiger partial charge on any atom is 0.0621 e. The molecule has 0 heterocycles. The third-order valence-corrected chi connectivity index (χ3v) is 4.13. The molecule has 1 N–H and O–H groups in total. The SMILES string of the molecule is Cc1cc(C)c(CC(O)Cc2cccc(Br)c2)c(C)c1. The molecule has 1 nitrogen and oxygen atoms in total. The summed E-state index contributed by atoms with van der Waals surface area (Å²) in [6.07, 6.45) is 1.06. The van der Waals surface area contributed by atoms with E-state index in [9.17, 15) is 5.11 Å². The normalized spacial score (nSPS) is 12.4. The fraction of sp³-hybridized carbons (Fsp3) is 0.333. The molecule has 0 aliphatic rings. The lowest BCUT2D eigenvalue weighted by atomic mass is 9.93. The Morgan fingerprint density at radius 2 is 1.65 bits per heavy atom. The first kappa shape index (κ1) is 15.3. The monoisotopic (exact) mass is 332 g/mol. The van der Waals surface area contributed by atoms with Crippen molar-refractivity contribution >= 4 is 15.9 Å². The first-order chi connectivity index (χ1) is 9.45. The number of benzene rings is 2. The molecule has 0 fully saturated rings. The summed E-state index contributed by atoms with van der Waals surface area (Å²) in [6.45, 7) is 6.37. The highest BCUT2D eigenvalue weighted by atomic mass is 79.9. The standard InChI is InChI=1S/C18H21BrO/c1-12-7-13(2)18(14(3)8-12)11-17(20)10-15-5-4-6-16(19)9-15/h4-9,17,20H,10-11H2,1-3H3. The van der Waals surface area contributed by atoms with Gasteiger partial charge in [0.15, 0.2) is 0 Å². The van der Waals surface area contributed by atoms with Crippen molar-refractivity contribution in [3.8, 4) is 0 Å². The van der Waals surface area contributed by atoms with E-state index in [4.69, 9.17) is 0 Å². The number of halogens is 1. The molecule has 0 saturated carbocycles. The molecule has 1 unspecified atom stereocenters. The highest BCUT2D eigenvalue weighted by molar-refractivity contribution is 9.10. The lowest BCUT2D eigenvalue weighted by molar-refractivity contribution is 0.175. The largest absolute Gasteiger partial charge is 0.392 e. The summed E-state index contributed by atoms with van der Waals surface area (Å²) in [7, 11) is 0. The molecule has 0 saturated heterocycles. The minimum absolute atomic E-state index is 0.343. The minimum Gasteiger partial charge on any atom is -0.392 e. The van der Waals surface area contributed by atoms with Crippen LogP contribution in [-0.4, -0.2) is 11.2 Å². The second kappa shape index (κ2) is 6.55. The van der Waals surface area contributed by atoms with Gasteiger partial charge in [0.05, 0.1) is 6.10 Å². The van der Waals surface area contributed by atoms with Crippen molar-refractivity contribution in [1.82, 2.24) is 0 Å². The van der Waals surface area contributed by atoms with Crippen LogP contribution in [-0.2, 0) is 12.8 Å². The van der Waals surface area contributed by atoms with Crippen LogP contribution in [0.4, 0.5) is 0 Å². The van der Waals surface area contributed by atoms with Crippen molar-refractivity contribution in [1.29, 1.82) is 0 Å². The Kier molecular flexibility index (Phi) is 5.00. The van der Waals surface area contributed by atoms with Crippen molar-refractivity contribution in [2.75, 3.05) is 0 Å². The zero-order chi connectivity index (χ0) is 14.7. The molecular weight excluding hydrogens is 312 g/mol. The molecule has 0 spiro atoms. The second-order valence-electron chi connectivity index (χ2n) is 5.57. The van der Waals surface area contributed by atoms with Gasteiger partial charge in [-0.25, -0.2) is 0 Å². The predicted molar refractivity (Wildman–Crippen MR) is 88.2 cm³/mol. The van der Waals surface area contributed by atoms with Crippen LogP contribution in [0, 0.1) is 20.8 Å². The third-order valence-electron chi connectivity index (χ3n) is 3.64. The quantitative estimate of drug-likeness (QED) is 0.872. The van der Waals surface area contributed by atoms with Gasteiger partial charge < -0.3 is 5.11 Å². The fourth-order valence-electron chi connectivity index (χ4n) is 2.78. The molecule has 20 heavy (non-hydrogen) atoms. The number of aliphatic hydroxyl groups excluding tert-OH is 1. The van der Waals surface area contributed by atoms with Gasteiger partial charge in [0.2, 0.25) is 0 Å². The van der Waals surface area contributed by atoms with Gasteiger partial charge in [-0.3, -0.25) is 0 Å². The lowest BCUT2D eigenvalue weighted by Gasteiger charge is -2.16. The highest BCUT2D eigenvalue weighted by Gasteiger charge is 2.11. The zero-order valence-corrected chi connectivity index (χ0v) is 13.9. The number of hydrogen-bond acceptors (Lipinski definition) is 1. The van der Waals surface area contributed by atoms with Gasteiger partial charge in [0, 0.05) is 4.47 Å². The molecule has 0 aliphatic heterocycles. The van der Waals surface area contributed by atoms with Crippen LogP contribution in [0.25, 0.3) is 0 Å². The van der Waals surface area contributed by atoms with Crippen LogP contribution in [0.3, 0.4) is 0 Å². The summed E-state index contributed by atoms with van der Waals surface area (Å²) in [5.41, 5.74) is 6.27. The number of rotatable bonds is 4. The Labute approximate surface area is 129 Å². The Hall–Kier alpha value is -1.12. The van der Waals surface area contributed by atoms with Crippen LogP contribution < -0.4 is 0 Å². The van der Waals surface area contributed by atoms with Crippen LogP contribution in [0.15, 0.2) is 40.9 Å². The maximum absolute atomic E-state index is 10.3. The molecule has 0 aromatic heterocycles. The van der Waals surface area contributed by atoms with Gasteiger partial charge in [-0.15, -0.1) is 0 Å². The molecule has 2 aromatic carbocycles. The molecule has 1 atom stereocenters. The number of hydrogen-bond donors (Lipinski definition) is 1. The van der Waals surface area contributed by atoms with Crippen LogP contribution in [0.1, 0.15) is 27.8 Å². The van der Waals surface area contributed by atoms with Crippen molar-refractivity contribution in [2.24, 2.45) is 0 Å². The molecule has 0 aliphatic carbocycles. The first-order valence-electron chi connectivity index (χ1n) is 6.95. The van der Waals surface area contributed by atoms with Crippen molar-refractivity contribution < 1.29 is 5.11 Å². The van der Waals surface area contributed by atoms with E-state index in [0.29, 0.717) is 12.8 Å². The average molecular weight is 333 g/mol. The van der Waals surface area contributed by atoms with Gasteiger partial charge in [0.1, 0.15) is 0 Å². The van der Waals surface area contributed by atoms with Crippen molar-refractivity contribution in [3.05, 3.63) is 68.7 Å². The van der Waals surface area contributed by atoms with E-state index >= 15 is 0 Å². The second-order valence-corrected chi connectivity index (χ2v) is 6.48. The Bertz CT molecular complexity index is 581. The van der Waals surface area contributed by atoms with Gasteiger partial charge >= 0.3 is 0 Å². The summed E-state index contributed by atoms with van der Waals surface area (Å²) in [4.78, 5) is 0. The first-order valence-corrected chi connectivity index (χ1v) is 7.74. The summed E-state index contributed by atoms with van der Waals surface area (Å²) in [5.74, 6) is 0. The van der Waals surface area contributed by atoms with E-state index in [1.807, 2.05) is 12.1 Å². The number of aryl methyl sites for hydroxylation is 3. The summed E-state index contributed by atoms with van der Waals surface area (Å²) in [5, 5.41) is 10.3. The van der Waals surface area contributed by atoms with Crippen LogP contribution >= 0.6 is 15.9 Å². The third kappa shape index (κ3) is 3.94. The highest BCUT2D eigenvalue weighted by Crippen LogP contribution is 2.20.